The molecule has 24 heavy (non-hydrogen) atoms. The normalized spacial score (nSPS) is 15.0. The third-order valence-electron chi connectivity index (χ3n) is 3.97. The van der Waals surface area contributed by atoms with Gasteiger partial charge in [-0.05, 0) is 67.0 Å². The Bertz CT molecular complexity index is 731. The van der Waals surface area contributed by atoms with Gasteiger partial charge in [0.25, 0.3) is 5.91 Å². The minimum atomic E-state index is -0.267. The lowest BCUT2D eigenvalue weighted by molar-refractivity contribution is 0.102. The number of rotatable bonds is 3. The first-order chi connectivity index (χ1) is 11.1. The van der Waals surface area contributed by atoms with E-state index < -0.39 is 0 Å². The number of aromatic nitrogens is 3. The molecule has 130 valence electrons. The van der Waals surface area contributed by atoms with Gasteiger partial charge in [-0.1, -0.05) is 16.8 Å². The van der Waals surface area contributed by atoms with Crippen LogP contribution in [0, 0.1) is 6.92 Å². The Balaban J connectivity index is 0.00000208. The van der Waals surface area contributed by atoms with Crippen LogP contribution in [0.15, 0.2) is 22.7 Å². The summed E-state index contributed by atoms with van der Waals surface area (Å²) in [6.45, 7) is 3.81. The summed E-state index contributed by atoms with van der Waals surface area (Å²) in [7, 11) is 0. The predicted molar refractivity (Wildman–Crippen MR) is 100 cm³/mol. The molecule has 0 radical (unpaired) electrons. The topological polar surface area (TPSA) is 71.8 Å². The van der Waals surface area contributed by atoms with Crippen molar-refractivity contribution in [1.82, 2.24) is 20.3 Å². The summed E-state index contributed by atoms with van der Waals surface area (Å²) in [6.07, 6.45) is 1.99. The van der Waals surface area contributed by atoms with E-state index in [4.69, 9.17) is 11.6 Å². The number of nitrogens with zero attached hydrogens (tertiary/aromatic N) is 3. The molecule has 0 atom stereocenters. The third-order valence-corrected chi connectivity index (χ3v) is 5.19. The second kappa shape index (κ2) is 8.29. The van der Waals surface area contributed by atoms with Crippen molar-refractivity contribution in [2.45, 2.75) is 25.8 Å². The fourth-order valence-corrected chi connectivity index (χ4v) is 3.21. The molecule has 1 aromatic carbocycles. The van der Waals surface area contributed by atoms with Crippen molar-refractivity contribution >= 4 is 51.5 Å². The summed E-state index contributed by atoms with van der Waals surface area (Å²) in [6, 6.07) is 5.53. The summed E-state index contributed by atoms with van der Waals surface area (Å²) in [4.78, 5) is 12.4. The van der Waals surface area contributed by atoms with Crippen LogP contribution in [0.5, 0.6) is 0 Å². The maximum absolute atomic E-state index is 12.4. The molecule has 3 rings (SSSR count). The Labute approximate surface area is 159 Å². The molecule has 6 nitrogen and oxygen atoms in total. The van der Waals surface area contributed by atoms with Crippen molar-refractivity contribution in [3.8, 4) is 0 Å². The molecule has 2 aromatic rings. The number of amides is 1. The van der Waals surface area contributed by atoms with Crippen molar-refractivity contribution in [1.29, 1.82) is 0 Å². The molecular formula is C15H18BrCl2N5O. The van der Waals surface area contributed by atoms with Crippen LogP contribution < -0.4 is 10.6 Å². The average Bonchev–Trinajstić information content (AvgIpc) is 2.93. The van der Waals surface area contributed by atoms with Gasteiger partial charge in [0.2, 0.25) is 0 Å². The van der Waals surface area contributed by atoms with E-state index in [9.17, 15) is 4.79 Å². The number of carbonyl (C=O) groups excluding carboxylic acids is 1. The predicted octanol–water partition coefficient (Wildman–Crippen LogP) is 3.60. The van der Waals surface area contributed by atoms with Crippen molar-refractivity contribution in [3.05, 3.63) is 39.1 Å². The number of nitrogens with one attached hydrogen (secondary N) is 2. The molecule has 0 unspecified atom stereocenters. The molecule has 2 N–H and O–H groups in total. The summed E-state index contributed by atoms with van der Waals surface area (Å²) in [5, 5.41) is 15.0. The zero-order valence-corrected chi connectivity index (χ0v) is 16.2. The molecule has 1 saturated heterocycles. The highest BCUT2D eigenvalue weighted by Crippen LogP contribution is 2.26. The standard InChI is InChI=1S/C15H17BrClN5O.ClH/c1-9-14(20-21-22(9)11-4-6-18-7-5-11)15(23)19-10-2-3-13(17)12(16)8-10;/h2-3,8,11,18H,4-7H2,1H3,(H,19,23);1H. The lowest BCUT2D eigenvalue weighted by atomic mass is 10.1. The molecule has 0 saturated carbocycles. The van der Waals surface area contributed by atoms with Crippen LogP contribution in [-0.4, -0.2) is 34.0 Å². The van der Waals surface area contributed by atoms with E-state index in [0.29, 0.717) is 22.4 Å². The van der Waals surface area contributed by atoms with Crippen LogP contribution in [0.1, 0.15) is 35.1 Å². The van der Waals surface area contributed by atoms with Gasteiger partial charge in [0.05, 0.1) is 16.8 Å². The van der Waals surface area contributed by atoms with E-state index in [-0.39, 0.29) is 18.3 Å². The van der Waals surface area contributed by atoms with E-state index in [2.05, 4.69) is 36.9 Å². The smallest absolute Gasteiger partial charge is 0.278 e. The summed E-state index contributed by atoms with van der Waals surface area (Å²) in [5.41, 5.74) is 1.80. The first-order valence-electron chi connectivity index (χ1n) is 7.45. The third kappa shape index (κ3) is 4.08. The number of benzene rings is 1. The average molecular weight is 435 g/mol. The van der Waals surface area contributed by atoms with Crippen molar-refractivity contribution in [2.75, 3.05) is 18.4 Å². The molecule has 1 amide bonds. The van der Waals surface area contributed by atoms with Gasteiger partial charge in [0.1, 0.15) is 0 Å². The Morgan fingerprint density at radius 2 is 2.12 bits per heavy atom. The van der Waals surface area contributed by atoms with Gasteiger partial charge in [0, 0.05) is 10.2 Å². The first-order valence-corrected chi connectivity index (χ1v) is 8.62. The van der Waals surface area contributed by atoms with Crippen molar-refractivity contribution in [2.24, 2.45) is 0 Å². The Morgan fingerprint density at radius 3 is 2.79 bits per heavy atom. The van der Waals surface area contributed by atoms with E-state index in [1.807, 2.05) is 11.6 Å². The second-order valence-corrected chi connectivity index (χ2v) is 6.79. The fourth-order valence-electron chi connectivity index (χ4n) is 2.71. The maximum Gasteiger partial charge on any atom is 0.278 e. The van der Waals surface area contributed by atoms with Crippen LogP contribution in [-0.2, 0) is 0 Å². The van der Waals surface area contributed by atoms with Gasteiger partial charge in [-0.15, -0.1) is 17.5 Å². The van der Waals surface area contributed by atoms with Gasteiger partial charge in [-0.2, -0.15) is 0 Å². The maximum atomic E-state index is 12.4. The van der Waals surface area contributed by atoms with Crippen molar-refractivity contribution in [3.63, 3.8) is 0 Å². The fraction of sp³-hybridized carbons (Fsp3) is 0.400. The van der Waals surface area contributed by atoms with Crippen LogP contribution in [0.4, 0.5) is 5.69 Å². The minimum Gasteiger partial charge on any atom is -0.320 e. The second-order valence-electron chi connectivity index (χ2n) is 5.53. The van der Waals surface area contributed by atoms with Gasteiger partial charge in [-0.3, -0.25) is 4.79 Å². The molecule has 1 aliphatic rings. The molecule has 1 fully saturated rings. The number of hydrogen-bond acceptors (Lipinski definition) is 4. The largest absolute Gasteiger partial charge is 0.320 e. The van der Waals surface area contributed by atoms with Crippen LogP contribution in [0.2, 0.25) is 5.02 Å². The Morgan fingerprint density at radius 1 is 1.42 bits per heavy atom. The number of anilines is 1. The molecular weight excluding hydrogens is 417 g/mol. The van der Waals surface area contributed by atoms with Crippen LogP contribution in [0.3, 0.4) is 0 Å². The van der Waals surface area contributed by atoms with E-state index in [1.54, 1.807) is 18.2 Å². The zero-order chi connectivity index (χ0) is 16.4. The van der Waals surface area contributed by atoms with E-state index in [1.165, 1.54) is 0 Å². The number of halogens is 3. The summed E-state index contributed by atoms with van der Waals surface area (Å²) in [5.74, 6) is -0.267. The monoisotopic (exact) mass is 433 g/mol. The number of piperidine rings is 1. The molecule has 1 aliphatic heterocycles. The molecule has 0 aliphatic carbocycles. The lowest BCUT2D eigenvalue weighted by Gasteiger charge is -2.23. The SMILES string of the molecule is Cc1c(C(=O)Nc2ccc(Cl)c(Br)c2)nnn1C1CCNCC1.Cl. The van der Waals surface area contributed by atoms with E-state index in [0.717, 1.165) is 36.1 Å². The summed E-state index contributed by atoms with van der Waals surface area (Å²) >= 11 is 9.30. The highest BCUT2D eigenvalue weighted by molar-refractivity contribution is 9.10. The molecule has 1 aromatic heterocycles. The zero-order valence-electron chi connectivity index (χ0n) is 13.1. The number of carbonyl (C=O) groups is 1. The van der Waals surface area contributed by atoms with Crippen LogP contribution in [0.25, 0.3) is 0 Å². The molecule has 0 bridgehead atoms. The highest BCUT2D eigenvalue weighted by Gasteiger charge is 2.23. The Hall–Kier alpha value is -1.15. The lowest BCUT2D eigenvalue weighted by Crippen LogP contribution is -2.30. The minimum absolute atomic E-state index is 0. The molecule has 2 heterocycles. The van der Waals surface area contributed by atoms with Gasteiger partial charge < -0.3 is 10.6 Å². The van der Waals surface area contributed by atoms with Gasteiger partial charge in [-0.25, -0.2) is 4.68 Å². The number of hydrogen-bond donors (Lipinski definition) is 2. The molecule has 0 spiro atoms. The molecule has 9 heteroatoms. The van der Waals surface area contributed by atoms with Gasteiger partial charge in [0.15, 0.2) is 5.69 Å². The summed E-state index contributed by atoms with van der Waals surface area (Å²) < 4.78 is 2.60. The van der Waals surface area contributed by atoms with Gasteiger partial charge >= 0.3 is 0 Å². The highest BCUT2D eigenvalue weighted by atomic mass is 79.9. The van der Waals surface area contributed by atoms with E-state index >= 15 is 0 Å². The van der Waals surface area contributed by atoms with Crippen molar-refractivity contribution < 1.29 is 4.79 Å². The quantitative estimate of drug-likeness (QED) is 0.773. The first kappa shape index (κ1) is 19.2. The van der Waals surface area contributed by atoms with Crippen LogP contribution >= 0.6 is 39.9 Å². The Kier molecular flexibility index (Phi) is 6.62.